The predicted molar refractivity (Wildman–Crippen MR) is 49.4 cm³/mol. The second kappa shape index (κ2) is 4.40. The molecule has 0 aliphatic heterocycles. The molecule has 0 saturated heterocycles. The highest BCUT2D eigenvalue weighted by Gasteiger charge is 2.15. The highest BCUT2D eigenvalue weighted by atomic mass is 16.5. The Morgan fingerprint density at radius 1 is 1.20 bits per heavy atom. The van der Waals surface area contributed by atoms with Crippen molar-refractivity contribution < 1.29 is 19.4 Å². The van der Waals surface area contributed by atoms with E-state index in [-0.39, 0.29) is 18.0 Å². The molecule has 0 bridgehead atoms. The van der Waals surface area contributed by atoms with E-state index in [2.05, 4.69) is 15.0 Å². The predicted octanol–water partition coefficient (Wildman–Crippen LogP) is 0.00300. The zero-order valence-electron chi connectivity index (χ0n) is 8.46. The molecule has 0 aliphatic rings. The lowest BCUT2D eigenvalue weighted by atomic mass is 10.7. The molecule has 0 radical (unpaired) electrons. The third-order valence-corrected chi connectivity index (χ3v) is 1.53. The lowest BCUT2D eigenvalue weighted by Gasteiger charge is -2.11. The first-order chi connectivity index (χ1) is 7.08. The summed E-state index contributed by atoms with van der Waals surface area (Å²) in [5.41, 5.74) is 0. The van der Waals surface area contributed by atoms with E-state index in [1.54, 1.807) is 0 Å². The Bertz CT molecular complexity index is 348. The smallest absolute Gasteiger partial charge is 0.413 e. The van der Waals surface area contributed by atoms with Crippen LogP contribution in [-0.2, 0) is 0 Å². The summed E-state index contributed by atoms with van der Waals surface area (Å²) in [4.78, 5) is 22.7. The number of amides is 1. The molecule has 82 valence electrons. The van der Waals surface area contributed by atoms with Crippen LogP contribution in [0.3, 0.4) is 0 Å². The minimum absolute atomic E-state index is 0.00931. The van der Waals surface area contributed by atoms with Crippen LogP contribution in [0.25, 0.3) is 0 Å². The van der Waals surface area contributed by atoms with E-state index < -0.39 is 6.09 Å². The van der Waals surface area contributed by atoms with Gasteiger partial charge in [-0.15, -0.1) is 4.98 Å². The summed E-state index contributed by atoms with van der Waals surface area (Å²) in [5, 5.41) is 8.71. The number of hydrogen-bond donors (Lipinski definition) is 1. The van der Waals surface area contributed by atoms with E-state index in [1.165, 1.54) is 21.3 Å². The molecule has 15 heavy (non-hydrogen) atoms. The van der Waals surface area contributed by atoms with Gasteiger partial charge >= 0.3 is 18.1 Å². The van der Waals surface area contributed by atoms with Gasteiger partial charge in [0, 0.05) is 7.05 Å². The highest BCUT2D eigenvalue weighted by Crippen LogP contribution is 2.14. The van der Waals surface area contributed by atoms with Crippen molar-refractivity contribution in [3.8, 4) is 12.0 Å². The van der Waals surface area contributed by atoms with Gasteiger partial charge in [0.2, 0.25) is 5.95 Å². The summed E-state index contributed by atoms with van der Waals surface area (Å²) < 4.78 is 9.53. The number of nitrogens with zero attached hydrogens (tertiary/aromatic N) is 4. The molecule has 1 heterocycles. The maximum Gasteiger partial charge on any atom is 0.413 e. The van der Waals surface area contributed by atoms with Gasteiger partial charge in [0.1, 0.15) is 0 Å². The van der Waals surface area contributed by atoms with E-state index in [0.717, 1.165) is 4.90 Å². The van der Waals surface area contributed by atoms with E-state index >= 15 is 0 Å². The summed E-state index contributed by atoms with van der Waals surface area (Å²) in [6, 6.07) is -0.0186. The van der Waals surface area contributed by atoms with Crippen LogP contribution in [0, 0.1) is 0 Å². The van der Waals surface area contributed by atoms with E-state index in [9.17, 15) is 4.79 Å². The molecule has 0 aromatic carbocycles. The topological polar surface area (TPSA) is 97.7 Å². The van der Waals surface area contributed by atoms with Crippen molar-refractivity contribution in [2.75, 3.05) is 26.2 Å². The maximum absolute atomic E-state index is 10.6. The monoisotopic (exact) mass is 214 g/mol. The Labute approximate surface area is 85.5 Å². The standard InChI is InChI=1S/C7H10N4O4/c1-11(7(12)13)4-8-5(14-2)10-6(9-4)15-3/h1-3H3,(H,12,13). The van der Waals surface area contributed by atoms with Crippen LogP contribution < -0.4 is 14.4 Å². The van der Waals surface area contributed by atoms with Gasteiger partial charge in [0.05, 0.1) is 14.2 Å². The molecule has 1 N–H and O–H groups in total. The highest BCUT2D eigenvalue weighted by molar-refractivity contribution is 5.82. The summed E-state index contributed by atoms with van der Waals surface area (Å²) in [6.45, 7) is 0. The summed E-state index contributed by atoms with van der Waals surface area (Å²) >= 11 is 0. The molecule has 0 atom stereocenters. The quantitative estimate of drug-likeness (QED) is 0.756. The Balaban J connectivity index is 3.11. The van der Waals surface area contributed by atoms with Gasteiger partial charge in [-0.1, -0.05) is 0 Å². The van der Waals surface area contributed by atoms with Gasteiger partial charge in [-0.3, -0.25) is 0 Å². The van der Waals surface area contributed by atoms with Crippen molar-refractivity contribution in [3.05, 3.63) is 0 Å². The minimum Gasteiger partial charge on any atom is -0.467 e. The Hall–Kier alpha value is -2.12. The lowest BCUT2D eigenvalue weighted by Crippen LogP contribution is -2.26. The number of anilines is 1. The van der Waals surface area contributed by atoms with Crippen LogP contribution in [0.1, 0.15) is 0 Å². The van der Waals surface area contributed by atoms with Crippen LogP contribution in [0.2, 0.25) is 0 Å². The maximum atomic E-state index is 10.6. The number of hydrogen-bond acceptors (Lipinski definition) is 6. The molecule has 0 fully saturated rings. The van der Waals surface area contributed by atoms with E-state index in [0.29, 0.717) is 0 Å². The molecule has 1 rings (SSSR count). The fourth-order valence-electron chi connectivity index (χ4n) is 0.746. The number of carboxylic acid groups (broad SMARTS) is 1. The number of rotatable bonds is 3. The van der Waals surface area contributed by atoms with Gasteiger partial charge in [0.15, 0.2) is 0 Å². The second-order valence-corrected chi connectivity index (χ2v) is 2.45. The van der Waals surface area contributed by atoms with Crippen LogP contribution in [0.15, 0.2) is 0 Å². The zero-order valence-corrected chi connectivity index (χ0v) is 8.46. The van der Waals surface area contributed by atoms with Crippen LogP contribution in [-0.4, -0.2) is 47.4 Å². The normalized spacial score (nSPS) is 9.53. The Kier molecular flexibility index (Phi) is 3.21. The molecule has 8 nitrogen and oxygen atoms in total. The molecule has 1 aromatic heterocycles. The number of aromatic nitrogens is 3. The van der Waals surface area contributed by atoms with Gasteiger partial charge in [0.25, 0.3) is 0 Å². The minimum atomic E-state index is -1.19. The number of carbonyl (C=O) groups is 1. The van der Waals surface area contributed by atoms with Gasteiger partial charge in [-0.2, -0.15) is 9.97 Å². The third kappa shape index (κ3) is 2.42. The van der Waals surface area contributed by atoms with Crippen molar-refractivity contribution in [1.29, 1.82) is 0 Å². The molecule has 0 saturated carbocycles. The average Bonchev–Trinajstić information content (AvgIpc) is 2.27. The first-order valence-corrected chi connectivity index (χ1v) is 3.89. The van der Waals surface area contributed by atoms with Crippen LogP contribution >= 0.6 is 0 Å². The summed E-state index contributed by atoms with van der Waals surface area (Å²) in [6.07, 6.45) is -1.19. The van der Waals surface area contributed by atoms with Crippen molar-refractivity contribution in [1.82, 2.24) is 15.0 Å². The lowest BCUT2D eigenvalue weighted by molar-refractivity contribution is 0.203. The van der Waals surface area contributed by atoms with Crippen molar-refractivity contribution >= 4 is 12.0 Å². The molecular weight excluding hydrogens is 204 g/mol. The van der Waals surface area contributed by atoms with Crippen LogP contribution in [0.4, 0.5) is 10.7 Å². The van der Waals surface area contributed by atoms with Gasteiger partial charge in [-0.05, 0) is 0 Å². The molecule has 0 unspecified atom stereocenters. The van der Waals surface area contributed by atoms with E-state index in [1.807, 2.05) is 0 Å². The zero-order chi connectivity index (χ0) is 11.4. The largest absolute Gasteiger partial charge is 0.467 e. The fraction of sp³-hybridized carbons (Fsp3) is 0.429. The van der Waals surface area contributed by atoms with Gasteiger partial charge < -0.3 is 14.6 Å². The first kappa shape index (κ1) is 11.0. The summed E-state index contributed by atoms with van der Waals surface area (Å²) in [7, 11) is 4.02. The number of ether oxygens (including phenoxy) is 2. The molecule has 0 spiro atoms. The van der Waals surface area contributed by atoms with Gasteiger partial charge in [-0.25, -0.2) is 9.69 Å². The van der Waals surface area contributed by atoms with Crippen LogP contribution in [0.5, 0.6) is 12.0 Å². The Morgan fingerprint density at radius 3 is 2.00 bits per heavy atom. The fourth-order valence-corrected chi connectivity index (χ4v) is 0.746. The first-order valence-electron chi connectivity index (χ1n) is 3.89. The van der Waals surface area contributed by atoms with Crippen molar-refractivity contribution in [3.63, 3.8) is 0 Å². The third-order valence-electron chi connectivity index (χ3n) is 1.53. The Morgan fingerprint density at radius 2 is 1.67 bits per heavy atom. The molecule has 0 aliphatic carbocycles. The van der Waals surface area contributed by atoms with E-state index in [4.69, 9.17) is 14.6 Å². The second-order valence-electron chi connectivity index (χ2n) is 2.45. The average molecular weight is 214 g/mol. The SMILES string of the molecule is COc1nc(OC)nc(N(C)C(=O)O)n1. The molecule has 1 aromatic rings. The van der Waals surface area contributed by atoms with Crippen molar-refractivity contribution in [2.45, 2.75) is 0 Å². The number of methoxy groups -OCH3 is 2. The molecular formula is C7H10N4O4. The summed E-state index contributed by atoms with van der Waals surface area (Å²) in [5.74, 6) is -0.0637. The molecule has 8 heteroatoms. The van der Waals surface area contributed by atoms with Crippen molar-refractivity contribution in [2.24, 2.45) is 0 Å². The molecule has 1 amide bonds.